The Morgan fingerprint density at radius 2 is 1.90 bits per heavy atom. The van der Waals surface area contributed by atoms with Crippen LogP contribution in [0.1, 0.15) is 47.5 Å². The summed E-state index contributed by atoms with van der Waals surface area (Å²) in [7, 11) is 0. The predicted molar refractivity (Wildman–Crippen MR) is 119 cm³/mol. The summed E-state index contributed by atoms with van der Waals surface area (Å²) in [5.41, 5.74) is 2.21. The molecule has 0 saturated carbocycles. The number of rotatable bonds is 8. The zero-order chi connectivity index (χ0) is 21.0. The highest BCUT2D eigenvalue weighted by Crippen LogP contribution is 2.31. The molecule has 1 fully saturated rings. The molecule has 5 nitrogen and oxygen atoms in total. The Kier molecular flexibility index (Phi) is 7.41. The van der Waals surface area contributed by atoms with Gasteiger partial charge in [0.15, 0.2) is 5.16 Å². The van der Waals surface area contributed by atoms with E-state index in [0.717, 1.165) is 42.4 Å². The van der Waals surface area contributed by atoms with E-state index in [1.807, 2.05) is 36.2 Å². The average Bonchev–Trinajstić information content (AvgIpc) is 3.33. The van der Waals surface area contributed by atoms with Gasteiger partial charge in [0.2, 0.25) is 5.91 Å². The lowest BCUT2D eigenvalue weighted by atomic mass is 10.1. The van der Waals surface area contributed by atoms with E-state index in [1.54, 1.807) is 11.8 Å². The Morgan fingerprint density at radius 3 is 2.48 bits per heavy atom. The summed E-state index contributed by atoms with van der Waals surface area (Å²) < 4.78 is 8.12. The highest BCUT2D eigenvalue weighted by Gasteiger charge is 2.28. The maximum atomic E-state index is 13.1. The fourth-order valence-corrected chi connectivity index (χ4v) is 4.94. The van der Waals surface area contributed by atoms with Gasteiger partial charge in [-0.3, -0.25) is 4.79 Å². The molecule has 1 aliphatic rings. The van der Waals surface area contributed by atoms with Crippen molar-refractivity contribution in [1.29, 1.82) is 0 Å². The van der Waals surface area contributed by atoms with E-state index in [9.17, 15) is 4.79 Å². The molecule has 0 aliphatic carbocycles. The van der Waals surface area contributed by atoms with Crippen LogP contribution in [0, 0.1) is 0 Å². The molecule has 0 spiro atoms. The van der Waals surface area contributed by atoms with Gasteiger partial charge in [-0.2, -0.15) is 0 Å². The molecule has 1 aliphatic heterocycles. The third kappa shape index (κ3) is 5.23. The van der Waals surface area contributed by atoms with Crippen LogP contribution in [-0.2, 0) is 16.1 Å². The second-order valence-electron chi connectivity index (χ2n) is 8.23. The topological polar surface area (TPSA) is 47.4 Å². The van der Waals surface area contributed by atoms with E-state index in [1.165, 1.54) is 0 Å². The lowest BCUT2D eigenvalue weighted by molar-refractivity contribution is -0.133. The van der Waals surface area contributed by atoms with E-state index >= 15 is 0 Å². The molecule has 2 heterocycles. The number of ether oxygens (including phenoxy) is 1. The molecular weight excluding hydrogens is 382 g/mol. The molecule has 6 heteroatoms. The van der Waals surface area contributed by atoms with Gasteiger partial charge in [0.1, 0.15) is 0 Å². The maximum Gasteiger partial charge on any atom is 0.236 e. The van der Waals surface area contributed by atoms with Crippen molar-refractivity contribution in [2.24, 2.45) is 0 Å². The van der Waals surface area contributed by atoms with E-state index in [-0.39, 0.29) is 29.3 Å². The van der Waals surface area contributed by atoms with Crippen LogP contribution >= 0.6 is 11.8 Å². The molecule has 0 N–H and O–H groups in total. The van der Waals surface area contributed by atoms with Crippen molar-refractivity contribution < 1.29 is 9.53 Å². The van der Waals surface area contributed by atoms with Crippen LogP contribution in [0.3, 0.4) is 0 Å². The van der Waals surface area contributed by atoms with Gasteiger partial charge in [0.05, 0.1) is 29.8 Å². The van der Waals surface area contributed by atoms with Gasteiger partial charge in [0.25, 0.3) is 0 Å². The zero-order valence-corrected chi connectivity index (χ0v) is 19.0. The summed E-state index contributed by atoms with van der Waals surface area (Å²) in [6.45, 7) is 11.9. The number of thioether (sulfide) groups is 1. The fraction of sp³-hybridized carbons (Fsp3) is 0.565. The quantitative estimate of drug-likeness (QED) is 0.578. The molecule has 158 valence electrons. The van der Waals surface area contributed by atoms with E-state index in [2.05, 4.69) is 44.4 Å². The first-order chi connectivity index (χ1) is 13.9. The largest absolute Gasteiger partial charge is 0.376 e. The van der Waals surface area contributed by atoms with Crippen molar-refractivity contribution in [2.75, 3.05) is 6.61 Å². The van der Waals surface area contributed by atoms with Crippen molar-refractivity contribution in [3.63, 3.8) is 0 Å². The first-order valence-electron chi connectivity index (χ1n) is 10.6. The van der Waals surface area contributed by atoms with E-state index in [4.69, 9.17) is 9.72 Å². The van der Waals surface area contributed by atoms with Crippen LogP contribution in [0.15, 0.2) is 41.7 Å². The van der Waals surface area contributed by atoms with Crippen molar-refractivity contribution in [2.45, 2.75) is 82.6 Å². The molecule has 1 aromatic heterocycles. The minimum absolute atomic E-state index is 0.160. The van der Waals surface area contributed by atoms with Crippen molar-refractivity contribution >= 4 is 17.7 Å². The van der Waals surface area contributed by atoms with Crippen LogP contribution in [0.2, 0.25) is 0 Å². The van der Waals surface area contributed by atoms with Crippen LogP contribution in [0.5, 0.6) is 0 Å². The Labute approximate surface area is 178 Å². The highest BCUT2D eigenvalue weighted by molar-refractivity contribution is 8.00. The number of hydrogen-bond donors (Lipinski definition) is 0. The molecule has 3 rings (SSSR count). The number of hydrogen-bond acceptors (Lipinski definition) is 4. The standard InChI is InChI=1S/C23H33N3O2S/c1-16(2)26(17(3)4)22(27)18(5)29-23-24-14-21(19-10-7-6-8-11-19)25(23)15-20-12-9-13-28-20/h6-8,10-11,14,16-18,20H,9,12-13,15H2,1-5H3. The number of benzene rings is 1. The summed E-state index contributed by atoms with van der Waals surface area (Å²) >= 11 is 1.55. The molecule has 2 aromatic rings. The first-order valence-corrected chi connectivity index (χ1v) is 11.5. The normalized spacial score (nSPS) is 17.8. The number of nitrogens with zero attached hydrogens (tertiary/aromatic N) is 3. The summed E-state index contributed by atoms with van der Waals surface area (Å²) in [6, 6.07) is 10.7. The molecule has 1 saturated heterocycles. The second-order valence-corrected chi connectivity index (χ2v) is 9.54. The van der Waals surface area contributed by atoms with Gasteiger partial charge in [0, 0.05) is 18.7 Å². The van der Waals surface area contributed by atoms with Gasteiger partial charge in [-0.05, 0) is 53.0 Å². The predicted octanol–water partition coefficient (Wildman–Crippen LogP) is 4.86. The minimum atomic E-state index is -0.200. The molecule has 2 unspecified atom stereocenters. The Bertz CT molecular complexity index is 790. The molecule has 1 aromatic carbocycles. The molecule has 2 atom stereocenters. The van der Waals surface area contributed by atoms with Crippen molar-refractivity contribution in [3.05, 3.63) is 36.5 Å². The Hall–Kier alpha value is -1.79. The van der Waals surface area contributed by atoms with Crippen LogP contribution < -0.4 is 0 Å². The molecular formula is C23H33N3O2S. The summed E-state index contributed by atoms with van der Waals surface area (Å²) in [6.07, 6.45) is 4.31. The smallest absolute Gasteiger partial charge is 0.236 e. The molecule has 0 radical (unpaired) electrons. The molecule has 1 amide bonds. The van der Waals surface area contributed by atoms with Gasteiger partial charge in [-0.25, -0.2) is 4.98 Å². The molecule has 29 heavy (non-hydrogen) atoms. The number of amides is 1. The van der Waals surface area contributed by atoms with E-state index < -0.39 is 0 Å². The Morgan fingerprint density at radius 1 is 1.21 bits per heavy atom. The number of carbonyl (C=O) groups is 1. The van der Waals surface area contributed by atoms with Crippen LogP contribution in [0.4, 0.5) is 0 Å². The number of imidazole rings is 1. The monoisotopic (exact) mass is 415 g/mol. The van der Waals surface area contributed by atoms with E-state index in [0.29, 0.717) is 0 Å². The third-order valence-corrected chi connectivity index (χ3v) is 6.39. The highest BCUT2D eigenvalue weighted by atomic mass is 32.2. The van der Waals surface area contributed by atoms with Gasteiger partial charge in [-0.15, -0.1) is 0 Å². The summed E-state index contributed by atoms with van der Waals surface area (Å²) in [5.74, 6) is 0.160. The molecule has 0 bridgehead atoms. The fourth-order valence-electron chi connectivity index (χ4n) is 3.98. The minimum Gasteiger partial charge on any atom is -0.376 e. The lowest BCUT2D eigenvalue weighted by Gasteiger charge is -2.32. The third-order valence-electron chi connectivity index (χ3n) is 5.30. The summed E-state index contributed by atoms with van der Waals surface area (Å²) in [4.78, 5) is 19.8. The second kappa shape index (κ2) is 9.81. The Balaban J connectivity index is 1.86. The maximum absolute atomic E-state index is 13.1. The van der Waals surface area contributed by atoms with Crippen molar-refractivity contribution in [3.8, 4) is 11.3 Å². The zero-order valence-electron chi connectivity index (χ0n) is 18.2. The van der Waals surface area contributed by atoms with Gasteiger partial charge < -0.3 is 14.2 Å². The SMILES string of the molecule is CC(Sc1ncc(-c2ccccc2)n1CC1CCCO1)C(=O)N(C(C)C)C(C)C. The number of carbonyl (C=O) groups excluding carboxylic acids is 1. The summed E-state index contributed by atoms with van der Waals surface area (Å²) in [5, 5.41) is 0.682. The lowest BCUT2D eigenvalue weighted by Crippen LogP contribution is -2.45. The average molecular weight is 416 g/mol. The van der Waals surface area contributed by atoms with Crippen LogP contribution in [0.25, 0.3) is 11.3 Å². The van der Waals surface area contributed by atoms with Gasteiger partial charge >= 0.3 is 0 Å². The van der Waals surface area contributed by atoms with Gasteiger partial charge in [-0.1, -0.05) is 42.1 Å². The number of aromatic nitrogens is 2. The van der Waals surface area contributed by atoms with Crippen molar-refractivity contribution in [1.82, 2.24) is 14.5 Å². The first kappa shape index (κ1) is 21.9. The van der Waals surface area contributed by atoms with Crippen LogP contribution in [-0.4, -0.2) is 50.4 Å².